The zero-order valence-corrected chi connectivity index (χ0v) is 16.5. The van der Waals surface area contributed by atoms with Crippen LogP contribution in [0.3, 0.4) is 0 Å². The molecular weight excluding hydrogens is 362 g/mol. The minimum absolute atomic E-state index is 0.0178. The molecule has 8 nitrogen and oxygen atoms in total. The normalized spacial score (nSPS) is 19.5. The number of hydrogen-bond acceptors (Lipinski definition) is 6. The summed E-state index contributed by atoms with van der Waals surface area (Å²) < 4.78 is 16.1. The smallest absolute Gasteiger partial charge is 0.251 e. The van der Waals surface area contributed by atoms with Crippen LogP contribution in [0.5, 0.6) is 5.75 Å². The summed E-state index contributed by atoms with van der Waals surface area (Å²) in [6.07, 6.45) is 2.05. The van der Waals surface area contributed by atoms with Crippen LogP contribution in [0.15, 0.2) is 18.2 Å². The third-order valence-corrected chi connectivity index (χ3v) is 5.18. The third kappa shape index (κ3) is 5.14. The summed E-state index contributed by atoms with van der Waals surface area (Å²) in [4.78, 5) is 26.8. The van der Waals surface area contributed by atoms with Gasteiger partial charge in [0.1, 0.15) is 12.4 Å². The maximum atomic E-state index is 12.4. The number of likely N-dealkylation sites (N-methyl/N-ethyl adjacent to an activating group) is 1. The van der Waals surface area contributed by atoms with E-state index in [4.69, 9.17) is 14.2 Å². The van der Waals surface area contributed by atoms with E-state index in [-0.39, 0.29) is 23.9 Å². The Kier molecular flexibility index (Phi) is 7.11. The highest BCUT2D eigenvalue weighted by Crippen LogP contribution is 2.34. The molecule has 0 spiro atoms. The second-order valence-corrected chi connectivity index (χ2v) is 7.17. The number of hydrogen-bond donors (Lipinski definition) is 2. The van der Waals surface area contributed by atoms with Gasteiger partial charge in [0.15, 0.2) is 0 Å². The molecule has 1 atom stereocenters. The summed E-state index contributed by atoms with van der Waals surface area (Å²) in [5, 5.41) is 5.90. The second-order valence-electron chi connectivity index (χ2n) is 7.17. The number of anilines is 1. The summed E-state index contributed by atoms with van der Waals surface area (Å²) in [7, 11) is 3.52. The second kappa shape index (κ2) is 9.75. The van der Waals surface area contributed by atoms with Gasteiger partial charge in [0.25, 0.3) is 5.91 Å². The molecule has 28 heavy (non-hydrogen) atoms. The highest BCUT2D eigenvalue weighted by atomic mass is 16.5. The van der Waals surface area contributed by atoms with Gasteiger partial charge in [-0.05, 0) is 31.0 Å². The van der Waals surface area contributed by atoms with Crippen LogP contribution in [0.25, 0.3) is 0 Å². The van der Waals surface area contributed by atoms with Gasteiger partial charge in [-0.3, -0.25) is 9.59 Å². The first-order chi connectivity index (χ1) is 13.6. The number of carbonyl (C=O) groups excluding carboxylic acids is 2. The highest BCUT2D eigenvalue weighted by Gasteiger charge is 2.28. The van der Waals surface area contributed by atoms with Crippen molar-refractivity contribution in [1.29, 1.82) is 0 Å². The molecule has 0 aliphatic carbocycles. The lowest BCUT2D eigenvalue weighted by Crippen LogP contribution is -2.46. The van der Waals surface area contributed by atoms with Crippen LogP contribution >= 0.6 is 0 Å². The minimum atomic E-state index is -0.160. The number of fused-ring (bicyclic) bond motifs is 1. The van der Waals surface area contributed by atoms with Crippen LogP contribution in [0.1, 0.15) is 29.6 Å². The van der Waals surface area contributed by atoms with Crippen molar-refractivity contribution < 1.29 is 23.8 Å². The van der Waals surface area contributed by atoms with E-state index in [1.165, 1.54) is 0 Å². The topological polar surface area (TPSA) is 89.1 Å². The number of amides is 2. The first-order valence-electron chi connectivity index (χ1n) is 9.72. The maximum Gasteiger partial charge on any atom is 0.251 e. The Balaban J connectivity index is 1.60. The summed E-state index contributed by atoms with van der Waals surface area (Å²) in [6.45, 7) is 2.74. The number of carbonyl (C=O) groups is 2. The third-order valence-electron chi connectivity index (χ3n) is 5.18. The number of benzene rings is 1. The lowest BCUT2D eigenvalue weighted by molar-refractivity contribution is -0.122. The van der Waals surface area contributed by atoms with E-state index in [0.29, 0.717) is 45.0 Å². The van der Waals surface area contributed by atoms with Gasteiger partial charge in [-0.25, -0.2) is 0 Å². The van der Waals surface area contributed by atoms with Crippen molar-refractivity contribution in [2.75, 3.05) is 52.0 Å². The molecule has 1 fully saturated rings. The highest BCUT2D eigenvalue weighted by molar-refractivity contribution is 5.95. The average Bonchev–Trinajstić information content (AvgIpc) is 2.71. The summed E-state index contributed by atoms with van der Waals surface area (Å²) >= 11 is 0. The molecule has 1 saturated heterocycles. The van der Waals surface area contributed by atoms with Gasteiger partial charge in [0, 0.05) is 45.5 Å². The predicted octanol–water partition coefficient (Wildman–Crippen LogP) is 0.945. The first kappa shape index (κ1) is 20.4. The summed E-state index contributed by atoms with van der Waals surface area (Å²) in [6, 6.07) is 5.45. The van der Waals surface area contributed by atoms with Crippen LogP contribution in [0, 0.1) is 0 Å². The molecule has 8 heteroatoms. The fourth-order valence-electron chi connectivity index (χ4n) is 3.46. The number of nitrogens with zero attached hydrogens (tertiary/aromatic N) is 1. The predicted molar refractivity (Wildman–Crippen MR) is 105 cm³/mol. The zero-order chi connectivity index (χ0) is 19.9. The van der Waals surface area contributed by atoms with Gasteiger partial charge in [0.05, 0.1) is 24.8 Å². The van der Waals surface area contributed by atoms with Gasteiger partial charge in [-0.2, -0.15) is 0 Å². The van der Waals surface area contributed by atoms with Crippen molar-refractivity contribution in [1.82, 2.24) is 10.6 Å². The van der Waals surface area contributed by atoms with E-state index < -0.39 is 0 Å². The maximum absolute atomic E-state index is 12.4. The molecule has 2 heterocycles. The van der Waals surface area contributed by atoms with Crippen molar-refractivity contribution >= 4 is 17.5 Å². The van der Waals surface area contributed by atoms with E-state index >= 15 is 0 Å². The van der Waals surface area contributed by atoms with E-state index in [0.717, 1.165) is 24.3 Å². The van der Waals surface area contributed by atoms with E-state index in [2.05, 4.69) is 10.6 Å². The van der Waals surface area contributed by atoms with Gasteiger partial charge in [-0.15, -0.1) is 0 Å². The molecular formula is C20H29N3O5. The number of ether oxygens (including phenoxy) is 3. The van der Waals surface area contributed by atoms with E-state index in [1.807, 2.05) is 11.9 Å². The molecule has 0 unspecified atom stereocenters. The van der Waals surface area contributed by atoms with Crippen LogP contribution in [-0.2, 0) is 14.3 Å². The fraction of sp³-hybridized carbons (Fsp3) is 0.600. The molecule has 0 saturated carbocycles. The molecule has 3 rings (SSSR count). The zero-order valence-electron chi connectivity index (χ0n) is 16.5. The number of nitrogens with one attached hydrogen (secondary N) is 2. The Bertz CT molecular complexity index is 690. The number of rotatable bonds is 7. The van der Waals surface area contributed by atoms with Gasteiger partial charge in [-0.1, -0.05) is 0 Å². The molecule has 1 aromatic rings. The Hall–Kier alpha value is -2.32. The molecule has 154 valence electrons. The molecule has 0 bridgehead atoms. The van der Waals surface area contributed by atoms with E-state index in [9.17, 15) is 9.59 Å². The first-order valence-corrected chi connectivity index (χ1v) is 9.72. The average molecular weight is 391 g/mol. The van der Waals surface area contributed by atoms with Crippen molar-refractivity contribution in [2.45, 2.75) is 31.3 Å². The standard InChI is InChI=1S/C20H29N3O5/c1-23-16(12-19(24)22-15-5-8-27-9-6-15)13-28-18-4-3-14(11-17(18)23)20(25)21-7-10-26-2/h3-4,11,15-16H,5-10,12-13H2,1-2H3,(H,21,25)(H,22,24)/t16-/m0/s1. The van der Waals surface area contributed by atoms with Crippen LogP contribution < -0.4 is 20.3 Å². The Morgan fingerprint density at radius 3 is 2.82 bits per heavy atom. The molecule has 2 amide bonds. The Labute approximate surface area is 165 Å². The summed E-state index contributed by atoms with van der Waals surface area (Å²) in [5.41, 5.74) is 1.37. The monoisotopic (exact) mass is 391 g/mol. The largest absolute Gasteiger partial charge is 0.489 e. The van der Waals surface area contributed by atoms with Crippen LogP contribution in [-0.4, -0.2) is 71.0 Å². The van der Waals surface area contributed by atoms with Gasteiger partial charge in [0.2, 0.25) is 5.91 Å². The van der Waals surface area contributed by atoms with Gasteiger partial charge < -0.3 is 29.7 Å². The van der Waals surface area contributed by atoms with Crippen LogP contribution in [0.4, 0.5) is 5.69 Å². The molecule has 2 N–H and O–H groups in total. The van der Waals surface area contributed by atoms with Crippen LogP contribution in [0.2, 0.25) is 0 Å². The Morgan fingerprint density at radius 2 is 2.07 bits per heavy atom. The van der Waals surface area contributed by atoms with Crippen molar-refractivity contribution in [3.05, 3.63) is 23.8 Å². The molecule has 2 aliphatic rings. The lowest BCUT2D eigenvalue weighted by atomic mass is 10.1. The van der Waals surface area contributed by atoms with Crippen molar-refractivity contribution in [3.63, 3.8) is 0 Å². The number of methoxy groups -OCH3 is 1. The Morgan fingerprint density at radius 1 is 1.29 bits per heavy atom. The van der Waals surface area contributed by atoms with Crippen molar-refractivity contribution in [3.8, 4) is 5.75 Å². The van der Waals surface area contributed by atoms with Crippen molar-refractivity contribution in [2.24, 2.45) is 0 Å². The molecule has 0 radical (unpaired) electrons. The lowest BCUT2D eigenvalue weighted by Gasteiger charge is -2.36. The fourth-order valence-corrected chi connectivity index (χ4v) is 3.46. The molecule has 1 aromatic carbocycles. The van der Waals surface area contributed by atoms with Gasteiger partial charge >= 0.3 is 0 Å². The summed E-state index contributed by atoms with van der Waals surface area (Å²) in [5.74, 6) is 0.578. The molecule has 2 aliphatic heterocycles. The molecule has 0 aromatic heterocycles. The quantitative estimate of drug-likeness (QED) is 0.673. The minimum Gasteiger partial charge on any atom is -0.489 e. The SMILES string of the molecule is COCCNC(=O)c1ccc2c(c1)N(C)[C@@H](CC(=O)NC1CCOCC1)CO2. The van der Waals surface area contributed by atoms with E-state index in [1.54, 1.807) is 25.3 Å².